The van der Waals surface area contributed by atoms with Crippen LogP contribution in [0.5, 0.6) is 0 Å². The summed E-state index contributed by atoms with van der Waals surface area (Å²) in [6.45, 7) is 3.85. The van der Waals surface area contributed by atoms with E-state index in [1.807, 2.05) is 6.92 Å². The number of hydrogen-bond acceptors (Lipinski definition) is 4. The molecule has 0 aromatic carbocycles. The molecule has 0 aliphatic heterocycles. The fourth-order valence-corrected chi connectivity index (χ4v) is 2.71. The average molecular weight is 272 g/mol. The van der Waals surface area contributed by atoms with Gasteiger partial charge >= 0.3 is 0 Å². The van der Waals surface area contributed by atoms with E-state index in [0.29, 0.717) is 24.8 Å². The first-order valence-electron chi connectivity index (χ1n) is 6.41. The Kier molecular flexibility index (Phi) is 4.42. The molecule has 6 heteroatoms. The molecule has 102 valence electrons. The third kappa shape index (κ3) is 3.83. The summed E-state index contributed by atoms with van der Waals surface area (Å²) in [5.41, 5.74) is 0. The molecule has 2 rings (SSSR count). The minimum atomic E-state index is -3.48. The van der Waals surface area contributed by atoms with Gasteiger partial charge in [0.1, 0.15) is 5.76 Å². The minimum Gasteiger partial charge on any atom is -0.447 e. The van der Waals surface area contributed by atoms with Crippen molar-refractivity contribution in [2.75, 3.05) is 13.1 Å². The summed E-state index contributed by atoms with van der Waals surface area (Å²) in [6.07, 6.45) is 3.38. The first kappa shape index (κ1) is 13.6. The molecular formula is C12H20N2O3S. The van der Waals surface area contributed by atoms with Crippen molar-refractivity contribution >= 4 is 10.0 Å². The molecule has 1 aromatic heterocycles. The van der Waals surface area contributed by atoms with Gasteiger partial charge in [0.05, 0.1) is 6.54 Å². The molecule has 18 heavy (non-hydrogen) atoms. The molecule has 0 unspecified atom stereocenters. The maximum absolute atomic E-state index is 11.9. The van der Waals surface area contributed by atoms with Crippen molar-refractivity contribution in [1.29, 1.82) is 0 Å². The van der Waals surface area contributed by atoms with Crippen LogP contribution in [0.15, 0.2) is 21.6 Å². The van der Waals surface area contributed by atoms with Gasteiger partial charge in [-0.1, -0.05) is 19.8 Å². The summed E-state index contributed by atoms with van der Waals surface area (Å²) >= 11 is 0. The van der Waals surface area contributed by atoms with E-state index in [0.717, 1.165) is 13.0 Å². The average Bonchev–Trinajstić information content (AvgIpc) is 3.02. The molecule has 1 heterocycles. The lowest BCUT2D eigenvalue weighted by atomic mass is 10.3. The standard InChI is InChI=1S/C12H20N2O3S/c1-2-13-9-11-5-6-12(17-11)18(15,16)14-8-7-10-3-4-10/h5-6,10,13-14H,2-4,7-9H2,1H3. The fraction of sp³-hybridized carbons (Fsp3) is 0.667. The van der Waals surface area contributed by atoms with Crippen LogP contribution in [-0.2, 0) is 16.6 Å². The Hall–Kier alpha value is -0.850. The minimum absolute atomic E-state index is 0.00574. The second-order valence-electron chi connectivity index (χ2n) is 4.63. The van der Waals surface area contributed by atoms with E-state index in [1.54, 1.807) is 6.07 Å². The summed E-state index contributed by atoms with van der Waals surface area (Å²) < 4.78 is 31.7. The van der Waals surface area contributed by atoms with E-state index in [4.69, 9.17) is 4.42 Å². The number of sulfonamides is 1. The molecule has 0 bridgehead atoms. The van der Waals surface area contributed by atoms with Crippen molar-refractivity contribution < 1.29 is 12.8 Å². The largest absolute Gasteiger partial charge is 0.447 e. The third-order valence-electron chi connectivity index (χ3n) is 2.99. The molecular weight excluding hydrogens is 252 g/mol. The quantitative estimate of drug-likeness (QED) is 0.751. The third-order valence-corrected chi connectivity index (χ3v) is 4.33. The van der Waals surface area contributed by atoms with Crippen LogP contribution >= 0.6 is 0 Å². The van der Waals surface area contributed by atoms with Crippen molar-refractivity contribution in [2.45, 2.75) is 37.8 Å². The van der Waals surface area contributed by atoms with E-state index in [9.17, 15) is 8.42 Å². The van der Waals surface area contributed by atoms with E-state index in [-0.39, 0.29) is 5.09 Å². The Morgan fingerprint density at radius 2 is 2.17 bits per heavy atom. The van der Waals surface area contributed by atoms with E-state index >= 15 is 0 Å². The number of furan rings is 1. The highest BCUT2D eigenvalue weighted by Crippen LogP contribution is 2.31. The number of hydrogen-bond donors (Lipinski definition) is 2. The van der Waals surface area contributed by atoms with Crippen LogP contribution in [0.4, 0.5) is 0 Å². The molecule has 0 amide bonds. The van der Waals surface area contributed by atoms with Gasteiger partial charge in [0.15, 0.2) is 0 Å². The summed E-state index contributed by atoms with van der Waals surface area (Å²) in [4.78, 5) is 0. The van der Waals surface area contributed by atoms with Gasteiger partial charge in [-0.3, -0.25) is 0 Å². The Bertz CT molecular complexity index is 477. The highest BCUT2D eigenvalue weighted by molar-refractivity contribution is 7.89. The second kappa shape index (κ2) is 5.86. The molecule has 1 aliphatic carbocycles. The van der Waals surface area contributed by atoms with Crippen LogP contribution in [0.1, 0.15) is 31.9 Å². The predicted octanol–water partition coefficient (Wildman–Crippen LogP) is 1.47. The Morgan fingerprint density at radius 1 is 1.39 bits per heavy atom. The molecule has 1 fully saturated rings. The van der Waals surface area contributed by atoms with Crippen LogP contribution in [0.3, 0.4) is 0 Å². The Morgan fingerprint density at radius 3 is 2.83 bits per heavy atom. The molecule has 5 nitrogen and oxygen atoms in total. The summed E-state index contributed by atoms with van der Waals surface area (Å²) in [6, 6.07) is 3.20. The van der Waals surface area contributed by atoms with Crippen molar-refractivity contribution in [3.05, 3.63) is 17.9 Å². The SMILES string of the molecule is CCNCc1ccc(S(=O)(=O)NCCC2CC2)o1. The Labute approximate surface area is 108 Å². The van der Waals surface area contributed by atoms with Gasteiger partial charge in [0.2, 0.25) is 5.09 Å². The van der Waals surface area contributed by atoms with Gasteiger partial charge in [-0.25, -0.2) is 13.1 Å². The molecule has 1 saturated carbocycles. The molecule has 0 spiro atoms. The Balaban J connectivity index is 1.88. The van der Waals surface area contributed by atoms with E-state index < -0.39 is 10.0 Å². The van der Waals surface area contributed by atoms with E-state index in [1.165, 1.54) is 18.9 Å². The zero-order valence-electron chi connectivity index (χ0n) is 10.6. The van der Waals surface area contributed by atoms with Crippen molar-refractivity contribution in [1.82, 2.24) is 10.0 Å². The molecule has 0 radical (unpaired) electrons. The molecule has 0 saturated heterocycles. The lowest BCUT2D eigenvalue weighted by Gasteiger charge is -2.03. The summed E-state index contributed by atoms with van der Waals surface area (Å²) in [5, 5.41) is 3.09. The van der Waals surface area contributed by atoms with E-state index in [2.05, 4.69) is 10.0 Å². The van der Waals surface area contributed by atoms with Crippen LogP contribution in [-0.4, -0.2) is 21.5 Å². The molecule has 1 aromatic rings. The lowest BCUT2D eigenvalue weighted by Crippen LogP contribution is -2.24. The maximum Gasteiger partial charge on any atom is 0.273 e. The topological polar surface area (TPSA) is 71.3 Å². The predicted molar refractivity (Wildman–Crippen MR) is 68.6 cm³/mol. The zero-order valence-corrected chi connectivity index (χ0v) is 11.4. The number of nitrogens with one attached hydrogen (secondary N) is 2. The van der Waals surface area contributed by atoms with Crippen LogP contribution in [0, 0.1) is 5.92 Å². The zero-order chi connectivity index (χ0) is 13.0. The molecule has 0 atom stereocenters. The van der Waals surface area contributed by atoms with Gasteiger partial charge in [0.25, 0.3) is 10.0 Å². The highest BCUT2D eigenvalue weighted by Gasteiger charge is 2.23. The van der Waals surface area contributed by atoms with Gasteiger partial charge in [0, 0.05) is 6.54 Å². The normalized spacial score (nSPS) is 16.1. The lowest BCUT2D eigenvalue weighted by molar-refractivity contribution is 0.401. The summed E-state index contributed by atoms with van der Waals surface area (Å²) in [5.74, 6) is 1.35. The van der Waals surface area contributed by atoms with Crippen LogP contribution in [0.25, 0.3) is 0 Å². The van der Waals surface area contributed by atoms with Gasteiger partial charge < -0.3 is 9.73 Å². The maximum atomic E-state index is 11.9. The van der Waals surface area contributed by atoms with Crippen molar-refractivity contribution in [3.8, 4) is 0 Å². The molecule has 2 N–H and O–H groups in total. The van der Waals surface area contributed by atoms with Crippen molar-refractivity contribution in [2.24, 2.45) is 5.92 Å². The fourth-order valence-electron chi connectivity index (χ4n) is 1.72. The van der Waals surface area contributed by atoms with Crippen LogP contribution < -0.4 is 10.0 Å². The van der Waals surface area contributed by atoms with Crippen molar-refractivity contribution in [3.63, 3.8) is 0 Å². The first-order chi connectivity index (χ1) is 8.62. The summed E-state index contributed by atoms with van der Waals surface area (Å²) in [7, 11) is -3.48. The van der Waals surface area contributed by atoms with Gasteiger partial charge in [-0.2, -0.15) is 0 Å². The number of rotatable bonds is 8. The van der Waals surface area contributed by atoms with Gasteiger partial charge in [-0.05, 0) is 31.0 Å². The first-order valence-corrected chi connectivity index (χ1v) is 7.89. The smallest absolute Gasteiger partial charge is 0.273 e. The highest BCUT2D eigenvalue weighted by atomic mass is 32.2. The monoisotopic (exact) mass is 272 g/mol. The van der Waals surface area contributed by atoms with Gasteiger partial charge in [-0.15, -0.1) is 0 Å². The van der Waals surface area contributed by atoms with Crippen LogP contribution in [0.2, 0.25) is 0 Å². The second-order valence-corrected chi connectivity index (χ2v) is 6.33. The molecule has 1 aliphatic rings.